The van der Waals surface area contributed by atoms with Crippen molar-refractivity contribution < 1.29 is 22.7 Å². The summed E-state index contributed by atoms with van der Waals surface area (Å²) in [7, 11) is -4.73. The molecule has 0 amide bonds. The van der Waals surface area contributed by atoms with Crippen LogP contribution in [0.4, 0.5) is 5.69 Å². The van der Waals surface area contributed by atoms with Crippen LogP contribution in [0.2, 0.25) is 5.02 Å². The molecule has 2 aromatic rings. The zero-order valence-corrected chi connectivity index (χ0v) is 10.5. The van der Waals surface area contributed by atoms with Gasteiger partial charge in [0, 0.05) is 16.5 Å². The van der Waals surface area contributed by atoms with Crippen molar-refractivity contribution in [2.24, 2.45) is 0 Å². The standard InChI is InChI=1S/C9H5ClN2O6S/c10-4-1-5-8(7(2-4)12(14)15)11-6(3-13)9(5)19(16,17)18/h1-3,11H,(H,16,17,18). The first-order chi connectivity index (χ1) is 8.75. The molecule has 0 aliphatic heterocycles. The van der Waals surface area contributed by atoms with E-state index in [0.29, 0.717) is 0 Å². The van der Waals surface area contributed by atoms with Crippen molar-refractivity contribution in [1.29, 1.82) is 0 Å². The zero-order chi connectivity index (χ0) is 14.4. The van der Waals surface area contributed by atoms with Gasteiger partial charge in [0.25, 0.3) is 15.8 Å². The van der Waals surface area contributed by atoms with E-state index >= 15 is 0 Å². The molecule has 8 nitrogen and oxygen atoms in total. The van der Waals surface area contributed by atoms with Crippen molar-refractivity contribution in [2.75, 3.05) is 0 Å². The van der Waals surface area contributed by atoms with Crippen LogP contribution in [-0.4, -0.2) is 29.2 Å². The van der Waals surface area contributed by atoms with Crippen molar-refractivity contribution in [3.8, 4) is 0 Å². The molecule has 1 heterocycles. The minimum Gasteiger partial charge on any atom is -0.346 e. The summed E-state index contributed by atoms with van der Waals surface area (Å²) < 4.78 is 31.6. The van der Waals surface area contributed by atoms with Gasteiger partial charge in [-0.25, -0.2) is 0 Å². The number of nitro groups is 1. The van der Waals surface area contributed by atoms with Crippen LogP contribution in [0.15, 0.2) is 17.0 Å². The summed E-state index contributed by atoms with van der Waals surface area (Å²) in [4.78, 5) is 22.4. The number of aromatic amines is 1. The van der Waals surface area contributed by atoms with E-state index in [0.717, 1.165) is 12.1 Å². The highest BCUT2D eigenvalue weighted by atomic mass is 35.5. The van der Waals surface area contributed by atoms with Gasteiger partial charge in [0.05, 0.1) is 4.92 Å². The Labute approximate surface area is 110 Å². The van der Waals surface area contributed by atoms with Gasteiger partial charge in [0.15, 0.2) is 6.29 Å². The summed E-state index contributed by atoms with van der Waals surface area (Å²) in [5, 5.41) is 10.5. The summed E-state index contributed by atoms with van der Waals surface area (Å²) in [5.74, 6) is 0. The van der Waals surface area contributed by atoms with Crippen LogP contribution in [0.5, 0.6) is 0 Å². The fourth-order valence-electron chi connectivity index (χ4n) is 1.74. The van der Waals surface area contributed by atoms with Crippen LogP contribution in [0.25, 0.3) is 10.9 Å². The van der Waals surface area contributed by atoms with Gasteiger partial charge in [-0.1, -0.05) is 11.6 Å². The van der Waals surface area contributed by atoms with Crippen molar-refractivity contribution in [3.63, 3.8) is 0 Å². The molecule has 0 spiro atoms. The van der Waals surface area contributed by atoms with Crippen molar-refractivity contribution in [3.05, 3.63) is 33.0 Å². The second kappa shape index (κ2) is 4.30. The van der Waals surface area contributed by atoms with E-state index in [1.165, 1.54) is 0 Å². The number of hydrogen-bond acceptors (Lipinski definition) is 5. The molecule has 0 saturated carbocycles. The highest BCUT2D eigenvalue weighted by Crippen LogP contribution is 2.34. The molecule has 0 aliphatic rings. The van der Waals surface area contributed by atoms with Crippen LogP contribution < -0.4 is 0 Å². The first-order valence-electron chi connectivity index (χ1n) is 4.68. The number of H-pyrrole nitrogens is 1. The van der Waals surface area contributed by atoms with E-state index in [-0.39, 0.29) is 22.2 Å². The Balaban J connectivity index is 3.06. The number of rotatable bonds is 3. The molecule has 0 fully saturated rings. The quantitative estimate of drug-likeness (QED) is 0.384. The third-order valence-corrected chi connectivity index (χ3v) is 3.58. The maximum Gasteiger partial charge on any atom is 0.297 e. The number of benzene rings is 1. The summed E-state index contributed by atoms with van der Waals surface area (Å²) in [6, 6.07) is 2.11. The molecular weight excluding hydrogens is 300 g/mol. The van der Waals surface area contributed by atoms with Gasteiger partial charge < -0.3 is 4.98 Å². The van der Waals surface area contributed by atoms with Gasteiger partial charge in [0.1, 0.15) is 16.1 Å². The van der Waals surface area contributed by atoms with Crippen LogP contribution >= 0.6 is 11.6 Å². The van der Waals surface area contributed by atoms with Gasteiger partial charge >= 0.3 is 0 Å². The molecule has 0 bridgehead atoms. The average molecular weight is 305 g/mol. The molecule has 0 radical (unpaired) electrons. The fraction of sp³-hybridized carbons (Fsp3) is 0. The van der Waals surface area contributed by atoms with Crippen molar-refractivity contribution in [1.82, 2.24) is 4.98 Å². The topological polar surface area (TPSA) is 130 Å². The van der Waals surface area contributed by atoms with Gasteiger partial charge in [-0.3, -0.25) is 19.5 Å². The number of nitro benzene ring substituents is 1. The SMILES string of the molecule is O=Cc1[nH]c2c([N+](=O)[O-])cc(Cl)cc2c1S(=O)(=O)O. The normalized spacial score (nSPS) is 11.7. The minimum atomic E-state index is -4.73. The third-order valence-electron chi connectivity index (χ3n) is 2.40. The Morgan fingerprint density at radius 2 is 2.05 bits per heavy atom. The Morgan fingerprint density at radius 1 is 1.42 bits per heavy atom. The molecule has 1 aromatic heterocycles. The first kappa shape index (κ1) is 13.5. The second-order valence-corrected chi connectivity index (χ2v) is 5.36. The van der Waals surface area contributed by atoms with Crippen molar-refractivity contribution >= 4 is 44.6 Å². The lowest BCUT2D eigenvalue weighted by atomic mass is 10.2. The van der Waals surface area contributed by atoms with Crippen LogP contribution in [0.3, 0.4) is 0 Å². The number of non-ortho nitro benzene ring substituents is 1. The van der Waals surface area contributed by atoms with E-state index in [2.05, 4.69) is 4.98 Å². The smallest absolute Gasteiger partial charge is 0.297 e. The lowest BCUT2D eigenvalue weighted by Gasteiger charge is -1.97. The number of carbonyl (C=O) groups excluding carboxylic acids is 1. The fourth-order valence-corrected chi connectivity index (χ4v) is 2.77. The molecule has 19 heavy (non-hydrogen) atoms. The number of nitrogens with one attached hydrogen (secondary N) is 1. The molecule has 0 saturated heterocycles. The first-order valence-corrected chi connectivity index (χ1v) is 6.49. The van der Waals surface area contributed by atoms with E-state index < -0.39 is 31.3 Å². The van der Waals surface area contributed by atoms with E-state index in [4.69, 9.17) is 16.2 Å². The maximum atomic E-state index is 11.2. The van der Waals surface area contributed by atoms with Crippen LogP contribution in [-0.2, 0) is 10.1 Å². The molecule has 1 aromatic carbocycles. The lowest BCUT2D eigenvalue weighted by molar-refractivity contribution is -0.383. The minimum absolute atomic E-state index is 0.0967. The Bertz CT molecular complexity index is 810. The summed E-state index contributed by atoms with van der Waals surface area (Å²) in [6.07, 6.45) is 0.140. The van der Waals surface area contributed by atoms with Crippen molar-refractivity contribution in [2.45, 2.75) is 4.90 Å². The summed E-state index contributed by atoms with van der Waals surface area (Å²) >= 11 is 5.66. The molecule has 0 unspecified atom stereocenters. The van der Waals surface area contributed by atoms with E-state index in [9.17, 15) is 23.3 Å². The maximum absolute atomic E-state index is 11.2. The molecule has 0 aliphatic carbocycles. The Kier molecular flexibility index (Phi) is 3.04. The predicted octanol–water partition coefficient (Wildman–Crippen LogP) is 1.79. The van der Waals surface area contributed by atoms with E-state index in [1.807, 2.05) is 0 Å². The predicted molar refractivity (Wildman–Crippen MR) is 65.2 cm³/mol. The number of hydrogen-bond donors (Lipinski definition) is 2. The number of aldehydes is 1. The molecule has 10 heteroatoms. The van der Waals surface area contributed by atoms with Crippen LogP contribution in [0, 0.1) is 10.1 Å². The highest BCUT2D eigenvalue weighted by molar-refractivity contribution is 7.86. The monoisotopic (exact) mass is 304 g/mol. The molecule has 2 rings (SSSR count). The summed E-state index contributed by atoms with van der Waals surface area (Å²) in [6.45, 7) is 0. The molecular formula is C9H5ClN2O6S. The molecule has 100 valence electrons. The number of aromatic nitrogens is 1. The van der Waals surface area contributed by atoms with Crippen LogP contribution in [0.1, 0.15) is 10.5 Å². The molecule has 0 atom stereocenters. The Morgan fingerprint density at radius 3 is 2.53 bits per heavy atom. The largest absolute Gasteiger partial charge is 0.346 e. The lowest BCUT2D eigenvalue weighted by Crippen LogP contribution is -2.00. The summed E-state index contributed by atoms with van der Waals surface area (Å²) in [5.41, 5.74) is -1.19. The average Bonchev–Trinajstić information content (AvgIpc) is 2.65. The highest BCUT2D eigenvalue weighted by Gasteiger charge is 2.27. The van der Waals surface area contributed by atoms with E-state index in [1.54, 1.807) is 0 Å². The van der Waals surface area contributed by atoms with Gasteiger partial charge in [-0.15, -0.1) is 0 Å². The molecule has 2 N–H and O–H groups in total. The van der Waals surface area contributed by atoms with Gasteiger partial charge in [-0.05, 0) is 6.07 Å². The zero-order valence-electron chi connectivity index (χ0n) is 8.95. The number of halogens is 1. The Hall–Kier alpha value is -1.97. The number of nitrogens with zero attached hydrogens (tertiary/aromatic N) is 1. The van der Waals surface area contributed by atoms with Gasteiger partial charge in [0.2, 0.25) is 0 Å². The second-order valence-electron chi connectivity index (χ2n) is 3.57. The number of fused-ring (bicyclic) bond motifs is 1. The number of carbonyl (C=O) groups is 1. The van der Waals surface area contributed by atoms with Gasteiger partial charge in [-0.2, -0.15) is 8.42 Å². The third kappa shape index (κ3) is 2.18.